The lowest BCUT2D eigenvalue weighted by Crippen LogP contribution is -2.39. The van der Waals surface area contributed by atoms with Gasteiger partial charge in [-0.25, -0.2) is 4.79 Å². The Morgan fingerprint density at radius 2 is 2.27 bits per heavy atom. The van der Waals surface area contributed by atoms with Gasteiger partial charge in [0.1, 0.15) is 6.04 Å². The van der Waals surface area contributed by atoms with Gasteiger partial charge in [0.2, 0.25) is 0 Å². The van der Waals surface area contributed by atoms with E-state index in [0.717, 1.165) is 0 Å². The molecule has 1 atom stereocenters. The summed E-state index contributed by atoms with van der Waals surface area (Å²) in [5.74, 6) is -1.14. The molecular weight excluding hydrogens is 198 g/mol. The summed E-state index contributed by atoms with van der Waals surface area (Å²) in [5.41, 5.74) is 6.13. The normalized spacial score (nSPS) is 12.5. The van der Waals surface area contributed by atoms with Crippen molar-refractivity contribution in [3.05, 3.63) is 27.9 Å². The van der Waals surface area contributed by atoms with E-state index in [-0.39, 0.29) is 6.54 Å². The van der Waals surface area contributed by atoms with Crippen molar-refractivity contribution >= 4 is 5.97 Å². The molecule has 0 aliphatic rings. The molecule has 0 aliphatic heterocycles. The largest absolute Gasteiger partial charge is 0.480 e. The zero-order valence-electron chi connectivity index (χ0n) is 8.60. The van der Waals surface area contributed by atoms with Crippen LogP contribution in [0.15, 0.2) is 10.9 Å². The number of aliphatic carboxylic acids is 1. The molecule has 1 rings (SSSR count). The standard InChI is InChI=1S/C9H13N3O3/c1-5-3-6(2)12(9(15)11-5)4-7(10)8(13)14/h3,7H,4,10H2,1-2H3,(H,13,14). The number of carboxylic acid groups (broad SMARTS) is 1. The fourth-order valence-corrected chi connectivity index (χ4v) is 1.27. The topological polar surface area (TPSA) is 98.2 Å². The summed E-state index contributed by atoms with van der Waals surface area (Å²) >= 11 is 0. The highest BCUT2D eigenvalue weighted by Gasteiger charge is 2.14. The molecule has 0 radical (unpaired) electrons. The van der Waals surface area contributed by atoms with E-state index in [1.54, 1.807) is 19.9 Å². The zero-order valence-corrected chi connectivity index (χ0v) is 8.60. The second-order valence-electron chi connectivity index (χ2n) is 3.38. The van der Waals surface area contributed by atoms with E-state index in [0.29, 0.717) is 11.4 Å². The van der Waals surface area contributed by atoms with Crippen LogP contribution in [0.2, 0.25) is 0 Å². The van der Waals surface area contributed by atoms with Gasteiger partial charge in [0.15, 0.2) is 0 Å². The predicted molar refractivity (Wildman–Crippen MR) is 53.6 cm³/mol. The Balaban J connectivity index is 3.05. The lowest BCUT2D eigenvalue weighted by Gasteiger charge is -2.12. The predicted octanol–water partition coefficient (Wildman–Crippen LogP) is -0.728. The molecule has 3 N–H and O–H groups in total. The van der Waals surface area contributed by atoms with Crippen LogP contribution in [0.1, 0.15) is 11.4 Å². The molecule has 6 heteroatoms. The van der Waals surface area contributed by atoms with E-state index >= 15 is 0 Å². The fraction of sp³-hybridized carbons (Fsp3) is 0.444. The highest BCUT2D eigenvalue weighted by molar-refractivity contribution is 5.72. The van der Waals surface area contributed by atoms with Crippen LogP contribution in [-0.2, 0) is 11.3 Å². The number of aromatic nitrogens is 2. The maximum absolute atomic E-state index is 11.4. The number of rotatable bonds is 3. The molecule has 82 valence electrons. The first kappa shape index (κ1) is 11.4. The molecule has 0 saturated heterocycles. The summed E-state index contributed by atoms with van der Waals surface area (Å²) in [6.07, 6.45) is 0. The Hall–Kier alpha value is -1.69. The van der Waals surface area contributed by atoms with E-state index in [1.165, 1.54) is 4.57 Å². The number of nitrogens with two attached hydrogens (primary N) is 1. The summed E-state index contributed by atoms with van der Waals surface area (Å²) < 4.78 is 1.26. The van der Waals surface area contributed by atoms with Crippen molar-refractivity contribution in [3.8, 4) is 0 Å². The highest BCUT2D eigenvalue weighted by atomic mass is 16.4. The first-order chi connectivity index (χ1) is 6.91. The van der Waals surface area contributed by atoms with Crippen LogP contribution >= 0.6 is 0 Å². The van der Waals surface area contributed by atoms with Crippen LogP contribution in [0.5, 0.6) is 0 Å². The Morgan fingerprint density at radius 3 is 2.73 bits per heavy atom. The molecule has 0 bridgehead atoms. The monoisotopic (exact) mass is 211 g/mol. The molecule has 0 amide bonds. The van der Waals surface area contributed by atoms with Crippen molar-refractivity contribution in [2.75, 3.05) is 0 Å². The van der Waals surface area contributed by atoms with Crippen molar-refractivity contribution in [1.29, 1.82) is 0 Å². The van der Waals surface area contributed by atoms with Crippen molar-refractivity contribution < 1.29 is 9.90 Å². The van der Waals surface area contributed by atoms with Gasteiger partial charge in [-0.2, -0.15) is 4.98 Å². The minimum absolute atomic E-state index is 0.0622. The molecule has 1 unspecified atom stereocenters. The molecule has 0 aromatic carbocycles. The number of hydrogen-bond acceptors (Lipinski definition) is 4. The van der Waals surface area contributed by atoms with E-state index in [2.05, 4.69) is 4.98 Å². The zero-order chi connectivity index (χ0) is 11.6. The Morgan fingerprint density at radius 1 is 1.67 bits per heavy atom. The van der Waals surface area contributed by atoms with E-state index < -0.39 is 17.7 Å². The van der Waals surface area contributed by atoms with Crippen LogP contribution in [0.4, 0.5) is 0 Å². The molecule has 0 saturated carbocycles. The Bertz CT molecular complexity index is 439. The first-order valence-electron chi connectivity index (χ1n) is 4.45. The second-order valence-corrected chi connectivity index (χ2v) is 3.38. The summed E-state index contributed by atoms with van der Waals surface area (Å²) in [6, 6.07) is 0.613. The summed E-state index contributed by atoms with van der Waals surface area (Å²) in [6.45, 7) is 3.35. The highest BCUT2D eigenvalue weighted by Crippen LogP contribution is 1.97. The molecule has 6 nitrogen and oxygen atoms in total. The minimum Gasteiger partial charge on any atom is -0.480 e. The first-order valence-corrected chi connectivity index (χ1v) is 4.45. The Labute approximate surface area is 86.4 Å². The molecular formula is C9H13N3O3. The maximum atomic E-state index is 11.4. The summed E-state index contributed by atoms with van der Waals surface area (Å²) in [5, 5.41) is 8.62. The van der Waals surface area contributed by atoms with E-state index in [1.807, 2.05) is 0 Å². The van der Waals surface area contributed by atoms with Gasteiger partial charge in [-0.1, -0.05) is 0 Å². The van der Waals surface area contributed by atoms with Gasteiger partial charge in [0, 0.05) is 11.4 Å². The summed E-state index contributed by atoms with van der Waals surface area (Å²) in [4.78, 5) is 25.7. The van der Waals surface area contributed by atoms with E-state index in [4.69, 9.17) is 10.8 Å². The van der Waals surface area contributed by atoms with Gasteiger partial charge in [0.25, 0.3) is 0 Å². The lowest BCUT2D eigenvalue weighted by molar-refractivity contribution is -0.138. The Kier molecular flexibility index (Phi) is 3.21. The van der Waals surface area contributed by atoms with E-state index in [9.17, 15) is 9.59 Å². The average Bonchev–Trinajstić information content (AvgIpc) is 2.10. The molecule has 0 aliphatic carbocycles. The van der Waals surface area contributed by atoms with Gasteiger partial charge in [-0.15, -0.1) is 0 Å². The number of aryl methyl sites for hydroxylation is 2. The van der Waals surface area contributed by atoms with Crippen molar-refractivity contribution in [2.24, 2.45) is 5.73 Å². The van der Waals surface area contributed by atoms with Crippen LogP contribution in [0.25, 0.3) is 0 Å². The maximum Gasteiger partial charge on any atom is 0.348 e. The van der Waals surface area contributed by atoms with Gasteiger partial charge in [-0.05, 0) is 19.9 Å². The molecule has 15 heavy (non-hydrogen) atoms. The smallest absolute Gasteiger partial charge is 0.348 e. The van der Waals surface area contributed by atoms with Crippen LogP contribution in [-0.4, -0.2) is 26.7 Å². The SMILES string of the molecule is Cc1cc(C)n(CC(N)C(=O)O)c(=O)n1. The van der Waals surface area contributed by atoms with Gasteiger partial charge >= 0.3 is 11.7 Å². The van der Waals surface area contributed by atoms with Crippen LogP contribution in [0.3, 0.4) is 0 Å². The molecule has 0 spiro atoms. The number of carbonyl (C=O) groups is 1. The number of hydrogen-bond donors (Lipinski definition) is 2. The second kappa shape index (κ2) is 4.22. The molecule has 1 aromatic rings. The third-order valence-electron chi connectivity index (χ3n) is 2.04. The van der Waals surface area contributed by atoms with Gasteiger partial charge in [0.05, 0.1) is 6.54 Å². The van der Waals surface area contributed by atoms with Crippen LogP contribution in [0, 0.1) is 13.8 Å². The van der Waals surface area contributed by atoms with Gasteiger partial charge in [-0.3, -0.25) is 9.36 Å². The fourth-order valence-electron chi connectivity index (χ4n) is 1.27. The van der Waals surface area contributed by atoms with Crippen molar-refractivity contribution in [3.63, 3.8) is 0 Å². The minimum atomic E-state index is -1.14. The van der Waals surface area contributed by atoms with Crippen molar-refractivity contribution in [1.82, 2.24) is 9.55 Å². The van der Waals surface area contributed by atoms with Gasteiger partial charge < -0.3 is 10.8 Å². The molecule has 1 heterocycles. The van der Waals surface area contributed by atoms with Crippen molar-refractivity contribution in [2.45, 2.75) is 26.4 Å². The summed E-state index contributed by atoms with van der Waals surface area (Å²) in [7, 11) is 0. The third-order valence-corrected chi connectivity index (χ3v) is 2.04. The average molecular weight is 211 g/mol. The molecule has 0 fully saturated rings. The van der Waals surface area contributed by atoms with Crippen LogP contribution < -0.4 is 11.4 Å². The number of carboxylic acids is 1. The lowest BCUT2D eigenvalue weighted by atomic mass is 10.3. The number of nitrogens with zero attached hydrogens (tertiary/aromatic N) is 2. The quantitative estimate of drug-likeness (QED) is 0.687. The third kappa shape index (κ3) is 2.63. The molecule has 1 aromatic heterocycles.